The van der Waals surface area contributed by atoms with Crippen molar-refractivity contribution in [3.8, 4) is 0 Å². The standard InChI is InChI=1S/C14H21N5/c1-2-8-18-10-7-15-14(18)11-19-9-3-4-13(19)12-5-6-16-17-12/h5-7,10,13H,2-4,8-9,11H2,1H3,(H,16,17). The molecular formula is C14H21N5. The normalized spacial score (nSPS) is 20.2. The van der Waals surface area contributed by atoms with E-state index < -0.39 is 0 Å². The van der Waals surface area contributed by atoms with Crippen LogP contribution in [0.1, 0.15) is 43.7 Å². The third-order valence-electron chi connectivity index (χ3n) is 3.86. The molecule has 0 amide bonds. The molecule has 19 heavy (non-hydrogen) atoms. The number of aromatic nitrogens is 4. The summed E-state index contributed by atoms with van der Waals surface area (Å²) in [6.07, 6.45) is 9.43. The molecule has 1 aliphatic rings. The lowest BCUT2D eigenvalue weighted by Gasteiger charge is -2.23. The molecule has 0 aliphatic carbocycles. The Balaban J connectivity index is 1.73. The van der Waals surface area contributed by atoms with Gasteiger partial charge in [0, 0.05) is 25.1 Å². The van der Waals surface area contributed by atoms with Crippen LogP contribution >= 0.6 is 0 Å². The number of nitrogens with zero attached hydrogens (tertiary/aromatic N) is 4. The molecule has 102 valence electrons. The Bertz CT molecular complexity index is 502. The molecule has 0 radical (unpaired) electrons. The van der Waals surface area contributed by atoms with E-state index in [4.69, 9.17) is 0 Å². The number of hydrogen-bond donors (Lipinski definition) is 1. The first-order chi connectivity index (χ1) is 9.38. The molecule has 5 heteroatoms. The van der Waals surface area contributed by atoms with Crippen molar-refractivity contribution in [1.29, 1.82) is 0 Å². The Labute approximate surface area is 113 Å². The minimum atomic E-state index is 0.467. The Morgan fingerprint density at radius 1 is 1.42 bits per heavy atom. The van der Waals surface area contributed by atoms with Crippen LogP contribution < -0.4 is 0 Å². The zero-order chi connectivity index (χ0) is 13.1. The summed E-state index contributed by atoms with van der Waals surface area (Å²) in [6, 6.07) is 2.55. The number of aromatic amines is 1. The van der Waals surface area contributed by atoms with Crippen molar-refractivity contribution in [3.63, 3.8) is 0 Å². The number of rotatable bonds is 5. The molecule has 1 N–H and O–H groups in total. The molecule has 3 rings (SSSR count). The van der Waals surface area contributed by atoms with Crippen molar-refractivity contribution in [2.45, 2.75) is 45.3 Å². The van der Waals surface area contributed by atoms with Crippen LogP contribution in [0.5, 0.6) is 0 Å². The number of likely N-dealkylation sites (tertiary alicyclic amines) is 1. The second-order valence-electron chi connectivity index (χ2n) is 5.18. The van der Waals surface area contributed by atoms with E-state index in [1.807, 2.05) is 12.4 Å². The molecule has 5 nitrogen and oxygen atoms in total. The Morgan fingerprint density at radius 2 is 2.37 bits per heavy atom. The van der Waals surface area contributed by atoms with Crippen LogP contribution in [0.3, 0.4) is 0 Å². The summed E-state index contributed by atoms with van der Waals surface area (Å²) in [4.78, 5) is 7.01. The Morgan fingerprint density at radius 3 is 3.16 bits per heavy atom. The molecule has 0 saturated carbocycles. The van der Waals surface area contributed by atoms with E-state index in [1.165, 1.54) is 24.4 Å². The average molecular weight is 259 g/mol. The maximum absolute atomic E-state index is 4.51. The lowest BCUT2D eigenvalue weighted by Crippen LogP contribution is -2.25. The predicted octanol–water partition coefficient (Wildman–Crippen LogP) is 2.35. The quantitative estimate of drug-likeness (QED) is 0.896. The van der Waals surface area contributed by atoms with E-state index in [1.54, 1.807) is 0 Å². The number of H-pyrrole nitrogens is 1. The highest BCUT2D eigenvalue weighted by molar-refractivity contribution is 5.07. The van der Waals surface area contributed by atoms with Gasteiger partial charge in [0.05, 0.1) is 18.3 Å². The van der Waals surface area contributed by atoms with Crippen LogP contribution in [-0.4, -0.2) is 31.2 Å². The van der Waals surface area contributed by atoms with Gasteiger partial charge in [0.2, 0.25) is 0 Å². The van der Waals surface area contributed by atoms with Gasteiger partial charge >= 0.3 is 0 Å². The van der Waals surface area contributed by atoms with Gasteiger partial charge in [-0.25, -0.2) is 4.98 Å². The molecule has 1 aliphatic heterocycles. The van der Waals surface area contributed by atoms with Gasteiger partial charge < -0.3 is 4.57 Å². The van der Waals surface area contributed by atoms with Crippen LogP contribution in [0.2, 0.25) is 0 Å². The molecule has 1 atom stereocenters. The molecule has 2 aromatic rings. The van der Waals surface area contributed by atoms with Crippen molar-refractivity contribution in [2.24, 2.45) is 0 Å². The summed E-state index contributed by atoms with van der Waals surface area (Å²) in [6.45, 7) is 5.32. The number of nitrogens with one attached hydrogen (secondary N) is 1. The van der Waals surface area contributed by atoms with Crippen molar-refractivity contribution in [2.75, 3.05) is 6.54 Å². The summed E-state index contributed by atoms with van der Waals surface area (Å²) in [5.41, 5.74) is 1.23. The smallest absolute Gasteiger partial charge is 0.122 e. The van der Waals surface area contributed by atoms with E-state index in [-0.39, 0.29) is 0 Å². The molecular weight excluding hydrogens is 238 g/mol. The summed E-state index contributed by atoms with van der Waals surface area (Å²) in [7, 11) is 0. The topological polar surface area (TPSA) is 49.7 Å². The van der Waals surface area contributed by atoms with Gasteiger partial charge in [-0.3, -0.25) is 10.00 Å². The van der Waals surface area contributed by atoms with Crippen molar-refractivity contribution >= 4 is 0 Å². The average Bonchev–Trinajstić information content (AvgIpc) is 3.12. The van der Waals surface area contributed by atoms with Gasteiger partial charge in [0.25, 0.3) is 0 Å². The molecule has 1 saturated heterocycles. The van der Waals surface area contributed by atoms with Gasteiger partial charge in [-0.15, -0.1) is 0 Å². The van der Waals surface area contributed by atoms with Crippen LogP contribution in [0, 0.1) is 0 Å². The maximum atomic E-state index is 4.51. The molecule has 1 fully saturated rings. The monoisotopic (exact) mass is 259 g/mol. The van der Waals surface area contributed by atoms with Gasteiger partial charge in [0.15, 0.2) is 0 Å². The predicted molar refractivity (Wildman–Crippen MR) is 73.5 cm³/mol. The lowest BCUT2D eigenvalue weighted by atomic mass is 10.1. The van der Waals surface area contributed by atoms with E-state index in [0.717, 1.165) is 26.1 Å². The summed E-state index contributed by atoms with van der Waals surface area (Å²) >= 11 is 0. The van der Waals surface area contributed by atoms with E-state index in [0.29, 0.717) is 6.04 Å². The zero-order valence-electron chi connectivity index (χ0n) is 11.4. The third kappa shape index (κ3) is 2.56. The van der Waals surface area contributed by atoms with Gasteiger partial charge in [-0.2, -0.15) is 5.10 Å². The first kappa shape index (κ1) is 12.4. The van der Waals surface area contributed by atoms with Crippen LogP contribution in [-0.2, 0) is 13.1 Å². The van der Waals surface area contributed by atoms with E-state index in [9.17, 15) is 0 Å². The minimum Gasteiger partial charge on any atom is -0.334 e. The summed E-state index contributed by atoms with van der Waals surface area (Å²) in [5.74, 6) is 1.17. The van der Waals surface area contributed by atoms with Gasteiger partial charge in [-0.05, 0) is 31.9 Å². The number of hydrogen-bond acceptors (Lipinski definition) is 3. The maximum Gasteiger partial charge on any atom is 0.122 e. The minimum absolute atomic E-state index is 0.467. The first-order valence-electron chi connectivity index (χ1n) is 7.12. The SMILES string of the molecule is CCCn1ccnc1CN1CCCC1c1ccn[nH]1. The van der Waals surface area contributed by atoms with E-state index >= 15 is 0 Å². The summed E-state index contributed by atoms with van der Waals surface area (Å²) < 4.78 is 2.27. The lowest BCUT2D eigenvalue weighted by molar-refractivity contribution is 0.234. The van der Waals surface area contributed by atoms with Crippen LogP contribution in [0.15, 0.2) is 24.7 Å². The Hall–Kier alpha value is -1.62. The molecule has 0 aromatic carbocycles. The fourth-order valence-corrected chi connectivity index (χ4v) is 2.94. The molecule has 2 aromatic heterocycles. The molecule has 0 spiro atoms. The number of aryl methyl sites for hydroxylation is 1. The molecule has 3 heterocycles. The highest BCUT2D eigenvalue weighted by Gasteiger charge is 2.27. The highest BCUT2D eigenvalue weighted by Crippen LogP contribution is 2.31. The second-order valence-corrected chi connectivity index (χ2v) is 5.18. The second kappa shape index (κ2) is 5.57. The largest absolute Gasteiger partial charge is 0.334 e. The Kier molecular flexibility index (Phi) is 3.64. The van der Waals surface area contributed by atoms with Crippen molar-refractivity contribution < 1.29 is 0 Å². The van der Waals surface area contributed by atoms with Crippen LogP contribution in [0.25, 0.3) is 0 Å². The zero-order valence-corrected chi connectivity index (χ0v) is 11.4. The summed E-state index contributed by atoms with van der Waals surface area (Å²) in [5, 5.41) is 7.18. The number of imidazole rings is 1. The highest BCUT2D eigenvalue weighted by atomic mass is 15.2. The van der Waals surface area contributed by atoms with Gasteiger partial charge in [0.1, 0.15) is 5.82 Å². The molecule has 1 unspecified atom stereocenters. The van der Waals surface area contributed by atoms with Crippen molar-refractivity contribution in [1.82, 2.24) is 24.6 Å². The van der Waals surface area contributed by atoms with Gasteiger partial charge in [-0.1, -0.05) is 6.92 Å². The fraction of sp³-hybridized carbons (Fsp3) is 0.571. The first-order valence-corrected chi connectivity index (χ1v) is 7.12. The van der Waals surface area contributed by atoms with Crippen molar-refractivity contribution in [3.05, 3.63) is 36.2 Å². The third-order valence-corrected chi connectivity index (χ3v) is 3.86. The van der Waals surface area contributed by atoms with Crippen LogP contribution in [0.4, 0.5) is 0 Å². The van der Waals surface area contributed by atoms with E-state index in [2.05, 4.69) is 43.8 Å². The fourth-order valence-electron chi connectivity index (χ4n) is 2.94. The molecule has 0 bridgehead atoms.